The van der Waals surface area contributed by atoms with Gasteiger partial charge in [-0.3, -0.25) is 0 Å². The van der Waals surface area contributed by atoms with Crippen molar-refractivity contribution in [2.45, 2.75) is 20.3 Å². The molecule has 0 saturated carbocycles. The quantitative estimate of drug-likeness (QED) is 0.824. The molecule has 0 fully saturated rings. The van der Waals surface area contributed by atoms with Gasteiger partial charge in [-0.05, 0) is 48.7 Å². The fourth-order valence-corrected chi connectivity index (χ4v) is 2.08. The molecule has 18 heavy (non-hydrogen) atoms. The van der Waals surface area contributed by atoms with Crippen LogP contribution in [0, 0.1) is 6.92 Å². The van der Waals surface area contributed by atoms with E-state index in [9.17, 15) is 0 Å². The van der Waals surface area contributed by atoms with Crippen LogP contribution in [-0.2, 0) is 6.42 Å². The summed E-state index contributed by atoms with van der Waals surface area (Å²) in [7, 11) is 2.07. The zero-order valence-corrected chi connectivity index (χ0v) is 11.3. The minimum atomic E-state index is 0.799. The average Bonchev–Trinajstić information content (AvgIpc) is 2.41. The predicted octanol–water partition coefficient (Wildman–Crippen LogP) is 3.91. The van der Waals surface area contributed by atoms with Crippen LogP contribution in [0.15, 0.2) is 42.5 Å². The van der Waals surface area contributed by atoms with E-state index in [0.29, 0.717) is 0 Å². The summed E-state index contributed by atoms with van der Waals surface area (Å²) in [6.07, 6.45) is 1.07. The molecule has 0 aliphatic rings. The zero-order valence-electron chi connectivity index (χ0n) is 11.3. The maximum absolute atomic E-state index is 5.86. The van der Waals surface area contributed by atoms with Crippen molar-refractivity contribution in [3.63, 3.8) is 0 Å². The van der Waals surface area contributed by atoms with Gasteiger partial charge in [0.2, 0.25) is 0 Å². The lowest BCUT2D eigenvalue weighted by molar-refractivity contribution is 1.13. The SMILES string of the molecule is CCc1ccc(N(C)c2cc(N)ccc2C)cc1. The summed E-state index contributed by atoms with van der Waals surface area (Å²) in [5, 5.41) is 0. The predicted molar refractivity (Wildman–Crippen MR) is 79.5 cm³/mol. The van der Waals surface area contributed by atoms with E-state index in [1.54, 1.807) is 0 Å². The van der Waals surface area contributed by atoms with Crippen LogP contribution in [0.4, 0.5) is 17.1 Å². The Hall–Kier alpha value is -1.96. The number of hydrogen-bond donors (Lipinski definition) is 1. The average molecular weight is 240 g/mol. The molecule has 0 amide bonds. The lowest BCUT2D eigenvalue weighted by atomic mass is 10.1. The molecule has 0 aliphatic heterocycles. The van der Waals surface area contributed by atoms with Crippen LogP contribution in [0.25, 0.3) is 0 Å². The van der Waals surface area contributed by atoms with Gasteiger partial charge in [-0.25, -0.2) is 0 Å². The molecule has 0 radical (unpaired) electrons. The van der Waals surface area contributed by atoms with E-state index < -0.39 is 0 Å². The molecule has 0 bridgehead atoms. The Morgan fingerprint density at radius 1 is 1.06 bits per heavy atom. The van der Waals surface area contributed by atoms with Crippen LogP contribution < -0.4 is 10.6 Å². The Labute approximate surface area is 109 Å². The van der Waals surface area contributed by atoms with Gasteiger partial charge < -0.3 is 10.6 Å². The third-order valence-corrected chi connectivity index (χ3v) is 3.33. The molecule has 0 unspecified atom stereocenters. The maximum atomic E-state index is 5.86. The van der Waals surface area contributed by atoms with Gasteiger partial charge in [0.05, 0.1) is 0 Å². The summed E-state index contributed by atoms with van der Waals surface area (Å²) in [5.41, 5.74) is 11.6. The van der Waals surface area contributed by atoms with Gasteiger partial charge in [-0.2, -0.15) is 0 Å². The summed E-state index contributed by atoms with van der Waals surface area (Å²) in [6, 6.07) is 14.7. The van der Waals surface area contributed by atoms with E-state index in [1.807, 2.05) is 12.1 Å². The third-order valence-electron chi connectivity index (χ3n) is 3.33. The first-order valence-corrected chi connectivity index (χ1v) is 6.30. The molecule has 94 valence electrons. The summed E-state index contributed by atoms with van der Waals surface area (Å²) in [6.45, 7) is 4.27. The molecule has 2 heteroatoms. The standard InChI is InChI=1S/C16H20N2/c1-4-13-6-9-15(10-7-13)18(3)16-11-14(17)8-5-12(16)2/h5-11H,4,17H2,1-3H3. The van der Waals surface area contributed by atoms with Gasteiger partial charge in [-0.15, -0.1) is 0 Å². The van der Waals surface area contributed by atoms with Crippen molar-refractivity contribution in [2.75, 3.05) is 17.7 Å². The highest BCUT2D eigenvalue weighted by atomic mass is 15.1. The first kappa shape index (κ1) is 12.5. The van der Waals surface area contributed by atoms with Crippen LogP contribution in [0.5, 0.6) is 0 Å². The van der Waals surface area contributed by atoms with Gasteiger partial charge in [0.15, 0.2) is 0 Å². The lowest BCUT2D eigenvalue weighted by Gasteiger charge is -2.22. The second kappa shape index (κ2) is 5.13. The molecular formula is C16H20N2. The fraction of sp³-hybridized carbons (Fsp3) is 0.250. The first-order chi connectivity index (χ1) is 8.61. The van der Waals surface area contributed by atoms with Crippen molar-refractivity contribution >= 4 is 17.1 Å². The monoisotopic (exact) mass is 240 g/mol. The molecule has 0 aliphatic carbocycles. The highest BCUT2D eigenvalue weighted by Crippen LogP contribution is 2.28. The fourth-order valence-electron chi connectivity index (χ4n) is 2.08. The van der Waals surface area contributed by atoms with E-state index in [2.05, 4.69) is 56.1 Å². The second-order valence-electron chi connectivity index (χ2n) is 4.62. The van der Waals surface area contributed by atoms with Crippen LogP contribution in [-0.4, -0.2) is 7.05 Å². The number of nitrogens with zero attached hydrogens (tertiary/aromatic N) is 1. The van der Waals surface area contributed by atoms with E-state index >= 15 is 0 Å². The van der Waals surface area contributed by atoms with Crippen molar-refractivity contribution < 1.29 is 0 Å². The topological polar surface area (TPSA) is 29.3 Å². The van der Waals surface area contributed by atoms with E-state index in [1.165, 1.54) is 16.8 Å². The van der Waals surface area contributed by atoms with E-state index in [0.717, 1.165) is 17.8 Å². The minimum absolute atomic E-state index is 0.799. The Kier molecular flexibility index (Phi) is 3.56. The number of aryl methyl sites for hydroxylation is 2. The lowest BCUT2D eigenvalue weighted by Crippen LogP contribution is -2.11. The first-order valence-electron chi connectivity index (χ1n) is 6.30. The van der Waals surface area contributed by atoms with Crippen LogP contribution >= 0.6 is 0 Å². The van der Waals surface area contributed by atoms with Crippen LogP contribution in [0.2, 0.25) is 0 Å². The molecule has 0 atom stereocenters. The van der Waals surface area contributed by atoms with E-state index in [-0.39, 0.29) is 0 Å². The smallest absolute Gasteiger partial charge is 0.0458 e. The highest BCUT2D eigenvalue weighted by Gasteiger charge is 2.07. The number of rotatable bonds is 3. The van der Waals surface area contributed by atoms with Crippen LogP contribution in [0.1, 0.15) is 18.1 Å². The summed E-state index contributed by atoms with van der Waals surface area (Å²) < 4.78 is 0. The molecule has 0 saturated heterocycles. The van der Waals surface area contributed by atoms with Gasteiger partial charge in [0.25, 0.3) is 0 Å². The zero-order chi connectivity index (χ0) is 13.1. The van der Waals surface area contributed by atoms with Crippen molar-refractivity contribution in [1.29, 1.82) is 0 Å². The number of anilines is 3. The molecular weight excluding hydrogens is 220 g/mol. The molecule has 0 spiro atoms. The van der Waals surface area contributed by atoms with Gasteiger partial charge in [-0.1, -0.05) is 25.1 Å². The number of hydrogen-bond acceptors (Lipinski definition) is 2. The minimum Gasteiger partial charge on any atom is -0.399 e. The van der Waals surface area contributed by atoms with Crippen molar-refractivity contribution in [2.24, 2.45) is 0 Å². The van der Waals surface area contributed by atoms with Gasteiger partial charge >= 0.3 is 0 Å². The summed E-state index contributed by atoms with van der Waals surface area (Å²) in [4.78, 5) is 2.17. The number of nitrogens with two attached hydrogens (primary N) is 1. The largest absolute Gasteiger partial charge is 0.399 e. The summed E-state index contributed by atoms with van der Waals surface area (Å²) in [5.74, 6) is 0. The van der Waals surface area contributed by atoms with Crippen molar-refractivity contribution in [3.8, 4) is 0 Å². The molecule has 2 N–H and O–H groups in total. The molecule has 2 aromatic carbocycles. The summed E-state index contributed by atoms with van der Waals surface area (Å²) >= 11 is 0. The molecule has 0 aromatic heterocycles. The third kappa shape index (κ3) is 2.48. The molecule has 2 rings (SSSR count). The Morgan fingerprint density at radius 2 is 1.72 bits per heavy atom. The van der Waals surface area contributed by atoms with E-state index in [4.69, 9.17) is 5.73 Å². The molecule has 2 nitrogen and oxygen atoms in total. The molecule has 2 aromatic rings. The van der Waals surface area contributed by atoms with Crippen LogP contribution in [0.3, 0.4) is 0 Å². The Balaban J connectivity index is 2.34. The number of benzene rings is 2. The van der Waals surface area contributed by atoms with Crippen molar-refractivity contribution in [1.82, 2.24) is 0 Å². The highest BCUT2D eigenvalue weighted by molar-refractivity contribution is 5.69. The molecule has 0 heterocycles. The second-order valence-corrected chi connectivity index (χ2v) is 4.62. The normalized spacial score (nSPS) is 10.4. The van der Waals surface area contributed by atoms with Gasteiger partial charge in [0.1, 0.15) is 0 Å². The van der Waals surface area contributed by atoms with Gasteiger partial charge in [0, 0.05) is 24.1 Å². The Morgan fingerprint density at radius 3 is 2.33 bits per heavy atom. The van der Waals surface area contributed by atoms with Crippen molar-refractivity contribution in [3.05, 3.63) is 53.6 Å². The maximum Gasteiger partial charge on any atom is 0.0458 e. The Bertz CT molecular complexity index is 529. The number of nitrogen functional groups attached to an aromatic ring is 1.